The van der Waals surface area contributed by atoms with E-state index in [1.807, 2.05) is 18.5 Å². The Labute approximate surface area is 114 Å². The maximum atomic E-state index is 8.74. The highest BCUT2D eigenvalue weighted by Crippen LogP contribution is 2.22. The van der Waals surface area contributed by atoms with E-state index in [4.69, 9.17) is 10.9 Å². The molecule has 0 radical (unpaired) electrons. The fourth-order valence-corrected chi connectivity index (χ4v) is 1.95. The summed E-state index contributed by atoms with van der Waals surface area (Å²) in [5.74, 6) is 2.20. The maximum absolute atomic E-state index is 8.74. The number of aromatic nitrogens is 3. The fraction of sp³-hybridized carbons (Fsp3) is 0.769. The minimum atomic E-state index is -0.296. The maximum Gasteiger partial charge on any atom is 0.150 e. The van der Waals surface area contributed by atoms with Crippen LogP contribution in [0.4, 0.5) is 0 Å². The Morgan fingerprint density at radius 1 is 1.37 bits per heavy atom. The van der Waals surface area contributed by atoms with Gasteiger partial charge in [0.25, 0.3) is 0 Å². The molecule has 1 aromatic heterocycles. The Morgan fingerprint density at radius 3 is 2.58 bits per heavy atom. The first kappa shape index (κ1) is 15.5. The van der Waals surface area contributed by atoms with Gasteiger partial charge in [-0.3, -0.25) is 0 Å². The number of aryl methyl sites for hydroxylation is 3. The van der Waals surface area contributed by atoms with Gasteiger partial charge in [-0.25, -0.2) is 9.67 Å². The highest BCUT2D eigenvalue weighted by Gasteiger charge is 2.23. The minimum absolute atomic E-state index is 0.274. The molecule has 1 heterocycles. The van der Waals surface area contributed by atoms with Crippen molar-refractivity contribution in [1.82, 2.24) is 14.8 Å². The van der Waals surface area contributed by atoms with Crippen molar-refractivity contribution >= 4 is 5.84 Å². The first-order chi connectivity index (χ1) is 8.94. The summed E-state index contributed by atoms with van der Waals surface area (Å²) < 4.78 is 1.97. The summed E-state index contributed by atoms with van der Waals surface area (Å²) >= 11 is 0. The molecule has 3 N–H and O–H groups in total. The summed E-state index contributed by atoms with van der Waals surface area (Å²) in [5, 5.41) is 16.3. The van der Waals surface area contributed by atoms with Crippen molar-refractivity contribution in [2.75, 3.05) is 0 Å². The normalized spacial score (nSPS) is 12.9. The Balaban J connectivity index is 2.60. The van der Waals surface area contributed by atoms with E-state index in [1.165, 1.54) is 0 Å². The van der Waals surface area contributed by atoms with Crippen LogP contribution in [-0.4, -0.2) is 25.8 Å². The molecule has 0 unspecified atom stereocenters. The zero-order valence-corrected chi connectivity index (χ0v) is 12.3. The lowest BCUT2D eigenvalue weighted by molar-refractivity contribution is 0.303. The molecule has 1 aromatic rings. The third-order valence-electron chi connectivity index (χ3n) is 3.40. The van der Waals surface area contributed by atoms with Gasteiger partial charge < -0.3 is 10.9 Å². The van der Waals surface area contributed by atoms with E-state index in [1.54, 1.807) is 0 Å². The molecule has 0 bridgehead atoms. The molecule has 0 fully saturated rings. The predicted octanol–water partition coefficient (Wildman–Crippen LogP) is 1.96. The molecule has 0 saturated carbocycles. The number of nitrogens with zero attached hydrogens (tertiary/aromatic N) is 4. The van der Waals surface area contributed by atoms with Gasteiger partial charge in [-0.15, -0.1) is 0 Å². The van der Waals surface area contributed by atoms with Crippen molar-refractivity contribution in [2.24, 2.45) is 16.3 Å². The SMILES string of the molecule is CCc1nc(CC)n(CCCC(C)(C)C(N)=NO)n1. The summed E-state index contributed by atoms with van der Waals surface area (Å²) in [6.45, 7) is 8.91. The van der Waals surface area contributed by atoms with E-state index in [9.17, 15) is 0 Å². The second kappa shape index (κ2) is 6.54. The van der Waals surface area contributed by atoms with E-state index in [0.29, 0.717) is 0 Å². The average molecular weight is 267 g/mol. The van der Waals surface area contributed by atoms with Crippen LogP contribution in [0.1, 0.15) is 52.2 Å². The molecule has 0 aliphatic rings. The molecule has 0 spiro atoms. The smallest absolute Gasteiger partial charge is 0.150 e. The summed E-state index contributed by atoms with van der Waals surface area (Å²) in [5.41, 5.74) is 5.38. The Bertz CT molecular complexity index is 436. The minimum Gasteiger partial charge on any atom is -0.409 e. The van der Waals surface area contributed by atoms with Crippen molar-refractivity contribution in [3.05, 3.63) is 11.6 Å². The van der Waals surface area contributed by atoms with E-state index in [2.05, 4.69) is 29.1 Å². The van der Waals surface area contributed by atoms with Gasteiger partial charge in [-0.1, -0.05) is 32.9 Å². The summed E-state index contributed by atoms with van der Waals surface area (Å²) in [4.78, 5) is 4.48. The Morgan fingerprint density at radius 2 is 2.05 bits per heavy atom. The first-order valence-corrected chi connectivity index (χ1v) is 6.85. The van der Waals surface area contributed by atoms with Crippen molar-refractivity contribution in [2.45, 2.75) is 59.9 Å². The largest absolute Gasteiger partial charge is 0.409 e. The Hall–Kier alpha value is -1.59. The third-order valence-corrected chi connectivity index (χ3v) is 3.40. The van der Waals surface area contributed by atoms with Crippen LogP contribution in [0.2, 0.25) is 0 Å². The lowest BCUT2D eigenvalue weighted by Crippen LogP contribution is -2.32. The number of rotatable bonds is 7. The first-order valence-electron chi connectivity index (χ1n) is 6.85. The van der Waals surface area contributed by atoms with Gasteiger partial charge in [-0.05, 0) is 12.8 Å². The van der Waals surface area contributed by atoms with Gasteiger partial charge in [-0.2, -0.15) is 5.10 Å². The lowest BCUT2D eigenvalue weighted by Gasteiger charge is -2.22. The van der Waals surface area contributed by atoms with Gasteiger partial charge in [0.2, 0.25) is 0 Å². The summed E-state index contributed by atoms with van der Waals surface area (Å²) in [6, 6.07) is 0. The van der Waals surface area contributed by atoms with Crippen LogP contribution in [0.5, 0.6) is 0 Å². The number of amidine groups is 1. The molecule has 0 amide bonds. The van der Waals surface area contributed by atoms with Gasteiger partial charge in [0.05, 0.1) is 0 Å². The number of oxime groups is 1. The molecule has 108 valence electrons. The molecule has 1 rings (SSSR count). The number of hydrogen-bond donors (Lipinski definition) is 2. The monoisotopic (exact) mass is 267 g/mol. The second-order valence-electron chi connectivity index (χ2n) is 5.35. The van der Waals surface area contributed by atoms with Crippen LogP contribution in [0, 0.1) is 5.41 Å². The van der Waals surface area contributed by atoms with Gasteiger partial charge >= 0.3 is 0 Å². The van der Waals surface area contributed by atoms with E-state index >= 15 is 0 Å². The zero-order chi connectivity index (χ0) is 14.5. The molecule has 0 aliphatic heterocycles. The van der Waals surface area contributed by atoms with Crippen molar-refractivity contribution in [3.63, 3.8) is 0 Å². The lowest BCUT2D eigenvalue weighted by atomic mass is 9.86. The molecule has 0 atom stereocenters. The summed E-state index contributed by atoms with van der Waals surface area (Å²) in [7, 11) is 0. The quantitative estimate of drug-likeness (QED) is 0.342. The highest BCUT2D eigenvalue weighted by atomic mass is 16.4. The number of hydrogen-bond acceptors (Lipinski definition) is 4. The number of nitrogens with two attached hydrogens (primary N) is 1. The molecule has 0 aromatic carbocycles. The second-order valence-corrected chi connectivity index (χ2v) is 5.35. The molecule has 0 saturated heterocycles. The molecular formula is C13H25N5O. The summed E-state index contributed by atoms with van der Waals surface area (Å²) in [6.07, 6.45) is 3.50. The van der Waals surface area contributed by atoms with E-state index in [-0.39, 0.29) is 11.3 Å². The average Bonchev–Trinajstić information content (AvgIpc) is 2.80. The van der Waals surface area contributed by atoms with E-state index < -0.39 is 0 Å². The van der Waals surface area contributed by atoms with Crippen LogP contribution >= 0.6 is 0 Å². The molecule has 6 nitrogen and oxygen atoms in total. The molecule has 0 aliphatic carbocycles. The van der Waals surface area contributed by atoms with Gasteiger partial charge in [0.15, 0.2) is 5.82 Å². The van der Waals surface area contributed by atoms with Crippen LogP contribution in [0.25, 0.3) is 0 Å². The predicted molar refractivity (Wildman–Crippen MR) is 75.2 cm³/mol. The van der Waals surface area contributed by atoms with Gasteiger partial charge in [0.1, 0.15) is 11.7 Å². The third kappa shape index (κ3) is 3.94. The standard InChI is InChI=1S/C13H25N5O/c1-5-10-15-11(6-2)18(16-10)9-7-8-13(3,4)12(14)17-19/h19H,5-9H2,1-4H3,(H2,14,17). The van der Waals surface area contributed by atoms with Crippen molar-refractivity contribution in [1.29, 1.82) is 0 Å². The molecule has 6 heteroatoms. The van der Waals surface area contributed by atoms with Gasteiger partial charge in [0, 0.05) is 24.8 Å². The molecular weight excluding hydrogens is 242 g/mol. The van der Waals surface area contributed by atoms with Crippen LogP contribution < -0.4 is 5.73 Å². The van der Waals surface area contributed by atoms with Crippen LogP contribution in [0.15, 0.2) is 5.16 Å². The van der Waals surface area contributed by atoms with Crippen molar-refractivity contribution < 1.29 is 5.21 Å². The zero-order valence-electron chi connectivity index (χ0n) is 12.3. The molecule has 19 heavy (non-hydrogen) atoms. The fourth-order valence-electron chi connectivity index (χ4n) is 1.95. The van der Waals surface area contributed by atoms with Crippen molar-refractivity contribution in [3.8, 4) is 0 Å². The highest BCUT2D eigenvalue weighted by molar-refractivity contribution is 5.85. The van der Waals surface area contributed by atoms with Crippen LogP contribution in [-0.2, 0) is 19.4 Å². The topological polar surface area (TPSA) is 89.3 Å². The van der Waals surface area contributed by atoms with Crippen LogP contribution in [0.3, 0.4) is 0 Å². The van der Waals surface area contributed by atoms with E-state index in [0.717, 1.165) is 43.9 Å². The Kier molecular flexibility index (Phi) is 5.32.